The van der Waals surface area contributed by atoms with Crippen molar-refractivity contribution in [1.29, 1.82) is 5.26 Å². The zero-order valence-corrected chi connectivity index (χ0v) is 16.7. The summed E-state index contributed by atoms with van der Waals surface area (Å²) < 4.78 is 50.5. The van der Waals surface area contributed by atoms with Gasteiger partial charge in [-0.3, -0.25) is 4.18 Å². The fourth-order valence-electron chi connectivity index (χ4n) is 2.28. The minimum absolute atomic E-state index is 0.0506. The molecular weight excluding hydrogens is 422 g/mol. The Bertz CT molecular complexity index is 685. The van der Waals surface area contributed by atoms with Gasteiger partial charge in [-0.05, 0) is 12.8 Å². The predicted octanol–water partition coefficient (Wildman–Crippen LogP) is 0.493. The zero-order valence-electron chi connectivity index (χ0n) is 13.5. The summed E-state index contributed by atoms with van der Waals surface area (Å²) >= 11 is 3.35. The number of hydrogen-bond acceptors (Lipinski definition) is 8. The summed E-state index contributed by atoms with van der Waals surface area (Å²) in [5.74, 6) is -0.000993. The summed E-state index contributed by atoms with van der Waals surface area (Å²) in [5, 5.41) is 10.6. The molecule has 24 heavy (non-hydrogen) atoms. The van der Waals surface area contributed by atoms with Gasteiger partial charge in [0.05, 0.1) is 24.3 Å². The first kappa shape index (κ1) is 21.2. The molecule has 1 rings (SSSR count). The second-order valence-corrected chi connectivity index (χ2v) is 9.62. The standard InChI is InChI=1S/C13H22BrN3O5S2/c1-23(18,19)22-10-3-7-17-9-8-16(6-2-4-14)13(17)12-24(20,21)11-5-15/h12H,2-4,6-11H2,1H3/b13-12-. The summed E-state index contributed by atoms with van der Waals surface area (Å²) in [7, 11) is -7.08. The third-order valence-electron chi connectivity index (χ3n) is 3.27. The van der Waals surface area contributed by atoms with Gasteiger partial charge in [0.1, 0.15) is 11.6 Å². The Hall–Kier alpha value is -0.830. The largest absolute Gasteiger partial charge is 0.356 e. The third kappa shape index (κ3) is 7.83. The molecule has 0 bridgehead atoms. The van der Waals surface area contributed by atoms with Crippen molar-refractivity contribution in [2.75, 3.05) is 50.1 Å². The van der Waals surface area contributed by atoms with Crippen LogP contribution < -0.4 is 0 Å². The fourth-order valence-corrected chi connectivity index (χ4v) is 3.83. The Labute approximate surface area is 152 Å². The van der Waals surface area contributed by atoms with Crippen molar-refractivity contribution in [3.8, 4) is 6.07 Å². The Kier molecular flexibility index (Phi) is 8.49. The van der Waals surface area contributed by atoms with Crippen molar-refractivity contribution in [3.63, 3.8) is 0 Å². The van der Waals surface area contributed by atoms with Crippen LogP contribution in [0.25, 0.3) is 0 Å². The van der Waals surface area contributed by atoms with Gasteiger partial charge >= 0.3 is 0 Å². The van der Waals surface area contributed by atoms with Gasteiger partial charge in [-0.25, -0.2) is 8.42 Å². The average molecular weight is 444 g/mol. The van der Waals surface area contributed by atoms with E-state index in [4.69, 9.17) is 9.44 Å². The number of nitrogens with zero attached hydrogens (tertiary/aromatic N) is 3. The van der Waals surface area contributed by atoms with E-state index in [9.17, 15) is 16.8 Å². The molecular formula is C13H22BrN3O5S2. The molecule has 1 aliphatic rings. The highest BCUT2D eigenvalue weighted by Crippen LogP contribution is 2.21. The molecule has 0 atom stereocenters. The van der Waals surface area contributed by atoms with Crippen LogP contribution in [-0.4, -0.2) is 76.8 Å². The molecule has 1 heterocycles. The summed E-state index contributed by atoms with van der Waals surface area (Å²) in [6.07, 6.45) is 2.31. The molecule has 0 aliphatic carbocycles. The van der Waals surface area contributed by atoms with Crippen molar-refractivity contribution in [2.24, 2.45) is 0 Å². The molecule has 1 aliphatic heterocycles. The number of halogens is 1. The third-order valence-corrected chi connectivity index (χ3v) is 5.53. The molecule has 138 valence electrons. The molecule has 0 aromatic carbocycles. The van der Waals surface area contributed by atoms with Crippen LogP contribution in [0.4, 0.5) is 0 Å². The van der Waals surface area contributed by atoms with E-state index in [1.807, 2.05) is 9.80 Å². The Morgan fingerprint density at radius 2 is 1.79 bits per heavy atom. The topological polar surface area (TPSA) is 108 Å². The molecule has 0 amide bonds. The molecule has 0 aromatic rings. The van der Waals surface area contributed by atoms with Crippen LogP contribution in [0.2, 0.25) is 0 Å². The van der Waals surface area contributed by atoms with Crippen molar-refractivity contribution in [3.05, 3.63) is 11.2 Å². The Balaban J connectivity index is 2.78. The van der Waals surface area contributed by atoms with Gasteiger partial charge < -0.3 is 9.80 Å². The van der Waals surface area contributed by atoms with Crippen LogP contribution in [0.1, 0.15) is 12.8 Å². The van der Waals surface area contributed by atoms with E-state index in [0.717, 1.165) is 23.4 Å². The first-order chi connectivity index (χ1) is 11.2. The van der Waals surface area contributed by atoms with Gasteiger partial charge in [-0.2, -0.15) is 13.7 Å². The summed E-state index contributed by atoms with van der Waals surface area (Å²) in [4.78, 5) is 3.85. The zero-order chi connectivity index (χ0) is 18.2. The van der Waals surface area contributed by atoms with Gasteiger partial charge in [-0.1, -0.05) is 15.9 Å². The fraction of sp³-hybridized carbons (Fsp3) is 0.769. The van der Waals surface area contributed by atoms with Gasteiger partial charge in [0, 0.05) is 31.5 Å². The summed E-state index contributed by atoms with van der Waals surface area (Å²) in [6, 6.07) is 1.66. The highest BCUT2D eigenvalue weighted by molar-refractivity contribution is 9.09. The molecule has 0 radical (unpaired) electrons. The maximum absolute atomic E-state index is 11.9. The molecule has 0 N–H and O–H groups in total. The van der Waals surface area contributed by atoms with Crippen molar-refractivity contribution < 1.29 is 21.0 Å². The number of sulfone groups is 1. The molecule has 8 nitrogen and oxygen atoms in total. The normalized spacial score (nSPS) is 17.5. The van der Waals surface area contributed by atoms with E-state index in [1.54, 1.807) is 6.07 Å². The van der Waals surface area contributed by atoms with Gasteiger partial charge in [-0.15, -0.1) is 0 Å². The van der Waals surface area contributed by atoms with Crippen LogP contribution >= 0.6 is 15.9 Å². The van der Waals surface area contributed by atoms with Crippen LogP contribution in [0, 0.1) is 11.3 Å². The number of rotatable bonds is 10. The molecule has 0 spiro atoms. The van der Waals surface area contributed by atoms with Crippen molar-refractivity contribution in [2.45, 2.75) is 12.8 Å². The maximum atomic E-state index is 11.9. The maximum Gasteiger partial charge on any atom is 0.264 e. The number of nitriles is 1. The predicted molar refractivity (Wildman–Crippen MR) is 94.5 cm³/mol. The summed E-state index contributed by atoms with van der Waals surface area (Å²) in [6.45, 7) is 2.57. The minimum atomic E-state index is -3.61. The average Bonchev–Trinajstić information content (AvgIpc) is 2.82. The lowest BCUT2D eigenvalue weighted by molar-refractivity contribution is 0.276. The minimum Gasteiger partial charge on any atom is -0.356 e. The first-order valence-corrected chi connectivity index (χ1v) is 12.1. The van der Waals surface area contributed by atoms with Gasteiger partial charge in [0.2, 0.25) is 0 Å². The van der Waals surface area contributed by atoms with Crippen LogP contribution in [0.5, 0.6) is 0 Å². The molecule has 1 fully saturated rings. The smallest absolute Gasteiger partial charge is 0.264 e. The first-order valence-electron chi connectivity index (χ1n) is 7.40. The van der Waals surface area contributed by atoms with E-state index < -0.39 is 25.7 Å². The molecule has 1 saturated heterocycles. The number of alkyl halides is 1. The lowest BCUT2D eigenvalue weighted by Crippen LogP contribution is -2.27. The molecule has 0 saturated carbocycles. The second kappa shape index (κ2) is 9.60. The monoisotopic (exact) mass is 443 g/mol. The Morgan fingerprint density at radius 3 is 2.29 bits per heavy atom. The van der Waals surface area contributed by atoms with Gasteiger partial charge in [0.15, 0.2) is 9.84 Å². The lowest BCUT2D eigenvalue weighted by Gasteiger charge is -2.24. The van der Waals surface area contributed by atoms with E-state index >= 15 is 0 Å². The van der Waals surface area contributed by atoms with Crippen LogP contribution in [0.3, 0.4) is 0 Å². The SMILES string of the molecule is CS(=O)(=O)OCCCN1CCN(CCCBr)/C1=C/S(=O)(=O)CC#N. The lowest BCUT2D eigenvalue weighted by atomic mass is 10.4. The highest BCUT2D eigenvalue weighted by atomic mass is 79.9. The Morgan fingerprint density at radius 1 is 1.21 bits per heavy atom. The van der Waals surface area contributed by atoms with Crippen molar-refractivity contribution >= 4 is 35.9 Å². The quantitative estimate of drug-likeness (QED) is 0.272. The van der Waals surface area contributed by atoms with E-state index in [2.05, 4.69) is 15.9 Å². The summed E-state index contributed by atoms with van der Waals surface area (Å²) in [5.41, 5.74) is 0. The van der Waals surface area contributed by atoms with E-state index in [-0.39, 0.29) is 6.61 Å². The van der Waals surface area contributed by atoms with E-state index in [0.29, 0.717) is 38.4 Å². The van der Waals surface area contributed by atoms with Crippen LogP contribution in [-0.2, 0) is 24.1 Å². The van der Waals surface area contributed by atoms with Crippen LogP contribution in [0.15, 0.2) is 11.2 Å². The molecule has 11 heteroatoms. The highest BCUT2D eigenvalue weighted by Gasteiger charge is 2.26. The number of hydrogen-bond donors (Lipinski definition) is 0. The molecule has 0 unspecified atom stereocenters. The second-order valence-electron chi connectivity index (χ2n) is 5.34. The van der Waals surface area contributed by atoms with Crippen molar-refractivity contribution in [1.82, 2.24) is 9.80 Å². The van der Waals surface area contributed by atoms with Gasteiger partial charge in [0.25, 0.3) is 10.1 Å². The molecule has 0 aromatic heterocycles. The van der Waals surface area contributed by atoms with E-state index in [1.165, 1.54) is 0 Å².